The highest BCUT2D eigenvalue weighted by Gasteiger charge is 2.13. The lowest BCUT2D eigenvalue weighted by Crippen LogP contribution is -2.25. The molecule has 0 aliphatic rings. The third kappa shape index (κ3) is 3.95. The van der Waals surface area contributed by atoms with E-state index in [0.717, 1.165) is 24.5 Å². The summed E-state index contributed by atoms with van der Waals surface area (Å²) in [7, 11) is 0. The van der Waals surface area contributed by atoms with Crippen LogP contribution in [-0.2, 0) is 19.4 Å². The summed E-state index contributed by atoms with van der Waals surface area (Å²) in [5.74, 6) is 2.26. The van der Waals surface area contributed by atoms with Gasteiger partial charge in [0.15, 0.2) is 5.82 Å². The smallest absolute Gasteiger partial charge is 0.150 e. The van der Waals surface area contributed by atoms with E-state index in [2.05, 4.69) is 10.1 Å². The molecule has 0 aliphatic carbocycles. The number of para-hydroxylation sites is 2. The summed E-state index contributed by atoms with van der Waals surface area (Å²) in [5.41, 5.74) is 6.36. The number of aromatic nitrogens is 3. The van der Waals surface area contributed by atoms with Crippen LogP contribution in [0.1, 0.15) is 25.5 Å². The number of nitrogen functional groups attached to an aromatic ring is 1. The molecule has 0 radical (unpaired) electrons. The maximum atomic E-state index is 10.1. The number of rotatable bonds is 7. The average Bonchev–Trinajstić information content (AvgIpc) is 2.88. The molecular weight excluding hydrogens is 268 g/mol. The van der Waals surface area contributed by atoms with Crippen LogP contribution in [-0.4, -0.2) is 32.6 Å². The van der Waals surface area contributed by atoms with Crippen LogP contribution in [0.15, 0.2) is 24.3 Å². The third-order valence-electron chi connectivity index (χ3n) is 3.16. The SMILES string of the molecule is CCc1nc(CC)n(CC(O)COc2ccccc2N)n1. The molecular formula is C15H22N4O2. The number of benzene rings is 1. The van der Waals surface area contributed by atoms with Crippen LogP contribution >= 0.6 is 0 Å². The van der Waals surface area contributed by atoms with Crippen LogP contribution < -0.4 is 10.5 Å². The predicted molar refractivity (Wildman–Crippen MR) is 81.1 cm³/mol. The van der Waals surface area contributed by atoms with Crippen LogP contribution in [0.3, 0.4) is 0 Å². The van der Waals surface area contributed by atoms with Gasteiger partial charge in [-0.1, -0.05) is 26.0 Å². The molecule has 0 fully saturated rings. The van der Waals surface area contributed by atoms with E-state index in [1.54, 1.807) is 16.8 Å². The first-order valence-corrected chi connectivity index (χ1v) is 7.22. The fourth-order valence-electron chi connectivity index (χ4n) is 2.03. The highest BCUT2D eigenvalue weighted by Crippen LogP contribution is 2.19. The molecule has 1 atom stereocenters. The molecule has 1 aromatic heterocycles. The van der Waals surface area contributed by atoms with Crippen LogP contribution in [0.4, 0.5) is 5.69 Å². The fourth-order valence-corrected chi connectivity index (χ4v) is 2.03. The maximum absolute atomic E-state index is 10.1. The highest BCUT2D eigenvalue weighted by molar-refractivity contribution is 5.51. The van der Waals surface area contributed by atoms with Gasteiger partial charge in [-0.3, -0.25) is 0 Å². The van der Waals surface area contributed by atoms with Gasteiger partial charge in [0.2, 0.25) is 0 Å². The molecule has 21 heavy (non-hydrogen) atoms. The number of ether oxygens (including phenoxy) is 1. The van der Waals surface area contributed by atoms with Crippen LogP contribution in [0.25, 0.3) is 0 Å². The summed E-state index contributed by atoms with van der Waals surface area (Å²) in [6, 6.07) is 7.23. The molecule has 0 aliphatic heterocycles. The van der Waals surface area contributed by atoms with Gasteiger partial charge in [-0.25, -0.2) is 9.67 Å². The lowest BCUT2D eigenvalue weighted by atomic mass is 10.3. The van der Waals surface area contributed by atoms with Gasteiger partial charge in [-0.2, -0.15) is 5.10 Å². The Kier molecular flexibility index (Phi) is 5.16. The Bertz CT molecular complexity index is 583. The van der Waals surface area contributed by atoms with Gasteiger partial charge in [0, 0.05) is 12.8 Å². The van der Waals surface area contributed by atoms with E-state index >= 15 is 0 Å². The Balaban J connectivity index is 1.94. The first-order valence-electron chi connectivity index (χ1n) is 7.22. The Morgan fingerprint density at radius 1 is 1.29 bits per heavy atom. The molecule has 0 amide bonds. The topological polar surface area (TPSA) is 86.2 Å². The Morgan fingerprint density at radius 2 is 2.05 bits per heavy atom. The normalized spacial score (nSPS) is 12.3. The number of nitrogens with zero attached hydrogens (tertiary/aromatic N) is 3. The van der Waals surface area contributed by atoms with Gasteiger partial charge in [0.25, 0.3) is 0 Å². The van der Waals surface area contributed by atoms with E-state index in [4.69, 9.17) is 10.5 Å². The van der Waals surface area contributed by atoms with E-state index < -0.39 is 6.10 Å². The first-order chi connectivity index (χ1) is 10.1. The molecule has 3 N–H and O–H groups in total. The monoisotopic (exact) mass is 290 g/mol. The molecule has 0 saturated carbocycles. The molecule has 1 heterocycles. The zero-order valence-corrected chi connectivity index (χ0v) is 12.5. The molecule has 0 saturated heterocycles. The van der Waals surface area contributed by atoms with E-state index in [1.165, 1.54) is 0 Å². The number of nitrogens with two attached hydrogens (primary N) is 1. The Morgan fingerprint density at radius 3 is 2.71 bits per heavy atom. The second-order valence-corrected chi connectivity index (χ2v) is 4.84. The Hall–Kier alpha value is -2.08. The summed E-state index contributed by atoms with van der Waals surface area (Å²) in [4.78, 5) is 4.41. The van der Waals surface area contributed by atoms with Crippen molar-refractivity contribution in [3.8, 4) is 5.75 Å². The molecule has 2 aromatic rings. The number of hydrogen-bond acceptors (Lipinski definition) is 5. The predicted octanol–water partition coefficient (Wildman–Crippen LogP) is 1.43. The van der Waals surface area contributed by atoms with Crippen LogP contribution in [0.2, 0.25) is 0 Å². The van der Waals surface area contributed by atoms with Crippen LogP contribution in [0, 0.1) is 0 Å². The van der Waals surface area contributed by atoms with E-state index in [1.807, 2.05) is 26.0 Å². The summed E-state index contributed by atoms with van der Waals surface area (Å²) in [6.45, 7) is 4.56. The van der Waals surface area contributed by atoms with Gasteiger partial charge in [-0.05, 0) is 12.1 Å². The summed E-state index contributed by atoms with van der Waals surface area (Å²) in [6.07, 6.45) is 0.903. The average molecular weight is 290 g/mol. The van der Waals surface area contributed by atoms with Crippen molar-refractivity contribution in [2.45, 2.75) is 39.3 Å². The second-order valence-electron chi connectivity index (χ2n) is 4.84. The lowest BCUT2D eigenvalue weighted by molar-refractivity contribution is 0.0887. The van der Waals surface area contributed by atoms with Crippen molar-refractivity contribution >= 4 is 5.69 Å². The molecule has 0 bridgehead atoms. The number of aryl methyl sites for hydroxylation is 2. The quantitative estimate of drug-likeness (QED) is 0.753. The van der Waals surface area contributed by atoms with Crippen molar-refractivity contribution in [1.29, 1.82) is 0 Å². The number of aliphatic hydroxyl groups excluding tert-OH is 1. The minimum Gasteiger partial charge on any atom is -0.489 e. The number of anilines is 1. The summed E-state index contributed by atoms with van der Waals surface area (Å²) < 4.78 is 7.29. The van der Waals surface area contributed by atoms with E-state index in [-0.39, 0.29) is 6.61 Å². The zero-order valence-electron chi connectivity index (χ0n) is 12.5. The highest BCUT2D eigenvalue weighted by atomic mass is 16.5. The summed E-state index contributed by atoms with van der Waals surface area (Å²) in [5, 5.41) is 14.5. The molecule has 1 aromatic carbocycles. The van der Waals surface area contributed by atoms with Crippen molar-refractivity contribution in [2.75, 3.05) is 12.3 Å². The minimum atomic E-state index is -0.665. The lowest BCUT2D eigenvalue weighted by Gasteiger charge is -2.14. The standard InChI is InChI=1S/C15H22N4O2/c1-3-14-17-15(4-2)19(18-14)9-11(20)10-21-13-8-6-5-7-12(13)16/h5-8,11,20H,3-4,9-10,16H2,1-2H3. The van der Waals surface area contributed by atoms with E-state index in [0.29, 0.717) is 18.0 Å². The number of hydrogen-bond donors (Lipinski definition) is 2. The van der Waals surface area contributed by atoms with Crippen molar-refractivity contribution in [3.63, 3.8) is 0 Å². The second kappa shape index (κ2) is 7.08. The van der Waals surface area contributed by atoms with Gasteiger partial charge < -0.3 is 15.6 Å². The van der Waals surface area contributed by atoms with Crippen molar-refractivity contribution in [1.82, 2.24) is 14.8 Å². The third-order valence-corrected chi connectivity index (χ3v) is 3.16. The van der Waals surface area contributed by atoms with Crippen molar-refractivity contribution in [3.05, 3.63) is 35.9 Å². The zero-order chi connectivity index (χ0) is 15.2. The molecule has 6 heteroatoms. The molecule has 2 rings (SSSR count). The molecule has 114 valence electrons. The van der Waals surface area contributed by atoms with Gasteiger partial charge in [0.05, 0.1) is 12.2 Å². The van der Waals surface area contributed by atoms with E-state index in [9.17, 15) is 5.11 Å². The minimum absolute atomic E-state index is 0.165. The molecule has 0 spiro atoms. The van der Waals surface area contributed by atoms with Gasteiger partial charge in [0.1, 0.15) is 24.3 Å². The first kappa shape index (κ1) is 15.3. The molecule has 6 nitrogen and oxygen atoms in total. The summed E-state index contributed by atoms with van der Waals surface area (Å²) >= 11 is 0. The Labute approximate surface area is 124 Å². The van der Waals surface area contributed by atoms with Crippen LogP contribution in [0.5, 0.6) is 5.75 Å². The maximum Gasteiger partial charge on any atom is 0.150 e. The number of aliphatic hydroxyl groups is 1. The fraction of sp³-hybridized carbons (Fsp3) is 0.467. The van der Waals surface area contributed by atoms with Crippen molar-refractivity contribution in [2.24, 2.45) is 0 Å². The van der Waals surface area contributed by atoms with Crippen molar-refractivity contribution < 1.29 is 9.84 Å². The van der Waals surface area contributed by atoms with Gasteiger partial charge >= 0.3 is 0 Å². The molecule has 1 unspecified atom stereocenters. The van der Waals surface area contributed by atoms with Gasteiger partial charge in [-0.15, -0.1) is 0 Å². The largest absolute Gasteiger partial charge is 0.489 e.